The van der Waals surface area contributed by atoms with Crippen LogP contribution in [0.2, 0.25) is 0 Å². The minimum Gasteiger partial charge on any atom is -0.345 e. The van der Waals surface area contributed by atoms with E-state index < -0.39 is 11.7 Å². The van der Waals surface area contributed by atoms with Crippen LogP contribution in [0.4, 0.5) is 13.2 Å². The van der Waals surface area contributed by atoms with Crippen molar-refractivity contribution in [1.29, 1.82) is 0 Å². The summed E-state index contributed by atoms with van der Waals surface area (Å²) in [5.74, 6) is -0.346. The van der Waals surface area contributed by atoms with Crippen LogP contribution in [0.25, 0.3) is 0 Å². The number of amides is 2. The molecule has 0 aliphatic rings. The maximum absolute atomic E-state index is 13.4. The first-order chi connectivity index (χ1) is 17.6. The van der Waals surface area contributed by atoms with Gasteiger partial charge in [-0.3, -0.25) is 9.59 Å². The first-order valence-electron chi connectivity index (χ1n) is 12.6. The molecule has 0 N–H and O–H groups in total. The molecule has 37 heavy (non-hydrogen) atoms. The number of hydrogen-bond acceptors (Lipinski definition) is 2. The van der Waals surface area contributed by atoms with Crippen molar-refractivity contribution in [2.45, 2.75) is 52.9 Å². The van der Waals surface area contributed by atoms with Gasteiger partial charge < -0.3 is 14.4 Å². The van der Waals surface area contributed by atoms with Crippen LogP contribution in [0, 0.1) is 6.92 Å². The SMILES string of the molecule is CCCCN(Cc1cccn1Cc1cccc(C(F)(F)F)c1)C(=O)CN(CC)C(=O)c1ccccc1C. The zero-order valence-corrected chi connectivity index (χ0v) is 21.6. The Hall–Kier alpha value is -3.55. The molecule has 2 amide bonds. The van der Waals surface area contributed by atoms with Gasteiger partial charge in [-0.05, 0) is 61.7 Å². The second-order valence-electron chi connectivity index (χ2n) is 9.13. The lowest BCUT2D eigenvalue weighted by atomic mass is 10.1. The Morgan fingerprint density at radius 1 is 0.946 bits per heavy atom. The van der Waals surface area contributed by atoms with E-state index in [0.717, 1.165) is 36.2 Å². The van der Waals surface area contributed by atoms with Crippen molar-refractivity contribution in [3.63, 3.8) is 0 Å². The third-order valence-corrected chi connectivity index (χ3v) is 6.39. The molecule has 0 unspecified atom stereocenters. The van der Waals surface area contributed by atoms with E-state index in [1.807, 2.05) is 55.7 Å². The maximum Gasteiger partial charge on any atom is 0.416 e. The summed E-state index contributed by atoms with van der Waals surface area (Å²) in [5.41, 5.74) is 2.09. The zero-order valence-electron chi connectivity index (χ0n) is 21.6. The van der Waals surface area contributed by atoms with Crippen molar-refractivity contribution in [2.24, 2.45) is 0 Å². The molecule has 3 rings (SSSR count). The number of likely N-dealkylation sites (N-methyl/N-ethyl adjacent to an activating group) is 1. The van der Waals surface area contributed by atoms with Crippen LogP contribution in [0.3, 0.4) is 0 Å². The van der Waals surface area contributed by atoms with Crippen LogP contribution >= 0.6 is 0 Å². The average Bonchev–Trinajstić information content (AvgIpc) is 3.30. The number of alkyl halides is 3. The zero-order chi connectivity index (χ0) is 27.0. The van der Waals surface area contributed by atoms with Crippen molar-refractivity contribution in [2.75, 3.05) is 19.6 Å². The maximum atomic E-state index is 13.4. The summed E-state index contributed by atoms with van der Waals surface area (Å²) >= 11 is 0. The predicted molar refractivity (Wildman–Crippen MR) is 138 cm³/mol. The van der Waals surface area contributed by atoms with Gasteiger partial charge in [-0.2, -0.15) is 13.2 Å². The molecule has 1 heterocycles. The summed E-state index contributed by atoms with van der Waals surface area (Å²) in [5, 5.41) is 0. The predicted octanol–water partition coefficient (Wildman–Crippen LogP) is 6.15. The highest BCUT2D eigenvalue weighted by Crippen LogP contribution is 2.29. The number of aryl methyl sites for hydroxylation is 1. The lowest BCUT2D eigenvalue weighted by molar-refractivity contribution is -0.137. The molecule has 0 aliphatic heterocycles. The van der Waals surface area contributed by atoms with Crippen molar-refractivity contribution in [1.82, 2.24) is 14.4 Å². The monoisotopic (exact) mass is 513 g/mol. The Kier molecular flexibility index (Phi) is 9.55. The molecule has 0 fully saturated rings. The summed E-state index contributed by atoms with van der Waals surface area (Å²) in [4.78, 5) is 29.8. The summed E-state index contributed by atoms with van der Waals surface area (Å²) in [6, 6.07) is 16.3. The van der Waals surface area contributed by atoms with Crippen molar-refractivity contribution >= 4 is 11.8 Å². The highest BCUT2D eigenvalue weighted by Gasteiger charge is 2.30. The molecule has 0 bridgehead atoms. The van der Waals surface area contributed by atoms with E-state index in [1.165, 1.54) is 6.07 Å². The fourth-order valence-corrected chi connectivity index (χ4v) is 4.20. The fourth-order valence-electron chi connectivity index (χ4n) is 4.20. The first kappa shape index (κ1) is 28.0. The van der Waals surface area contributed by atoms with E-state index >= 15 is 0 Å². The minimum absolute atomic E-state index is 0.0400. The van der Waals surface area contributed by atoms with Gasteiger partial charge in [0.25, 0.3) is 5.91 Å². The average molecular weight is 514 g/mol. The highest BCUT2D eigenvalue weighted by atomic mass is 19.4. The van der Waals surface area contributed by atoms with Gasteiger partial charge >= 0.3 is 6.18 Å². The largest absolute Gasteiger partial charge is 0.416 e. The van der Waals surface area contributed by atoms with E-state index in [4.69, 9.17) is 0 Å². The lowest BCUT2D eigenvalue weighted by Crippen LogP contribution is -2.43. The van der Waals surface area contributed by atoms with E-state index in [0.29, 0.717) is 30.8 Å². The molecular formula is C29H34F3N3O2. The van der Waals surface area contributed by atoms with Gasteiger partial charge in [0.15, 0.2) is 0 Å². The Morgan fingerprint density at radius 3 is 2.38 bits per heavy atom. The van der Waals surface area contributed by atoms with Crippen LogP contribution in [0.1, 0.15) is 59.4 Å². The van der Waals surface area contributed by atoms with Crippen LogP contribution in [-0.4, -0.2) is 45.8 Å². The van der Waals surface area contributed by atoms with E-state index in [9.17, 15) is 22.8 Å². The number of carbonyl (C=O) groups is 2. The second kappa shape index (κ2) is 12.6. The first-order valence-corrected chi connectivity index (χ1v) is 12.6. The summed E-state index contributed by atoms with van der Waals surface area (Å²) < 4.78 is 41.3. The summed E-state index contributed by atoms with van der Waals surface area (Å²) in [7, 11) is 0. The molecule has 3 aromatic rings. The Bertz CT molecular complexity index is 1200. The van der Waals surface area contributed by atoms with E-state index in [2.05, 4.69) is 0 Å². The number of aromatic nitrogens is 1. The molecule has 0 radical (unpaired) electrons. The Labute approximate surface area is 216 Å². The van der Waals surface area contributed by atoms with Gasteiger partial charge in [-0.15, -0.1) is 0 Å². The smallest absolute Gasteiger partial charge is 0.345 e. The standard InChI is InChI=1S/C29H34F3N3O2/c1-4-6-16-35(27(36)21-33(5-2)28(37)26-15-8-7-11-22(26)3)20-25-14-10-17-34(25)19-23-12-9-13-24(18-23)29(30,31)32/h7-15,17-18H,4-6,16,19-21H2,1-3H3. The number of hydrogen-bond donors (Lipinski definition) is 0. The Balaban J connectivity index is 1.76. The number of halogens is 3. The topological polar surface area (TPSA) is 45.6 Å². The molecule has 0 spiro atoms. The van der Waals surface area contributed by atoms with E-state index in [1.54, 1.807) is 28.1 Å². The molecule has 1 aromatic heterocycles. The third kappa shape index (κ3) is 7.47. The molecule has 2 aromatic carbocycles. The van der Waals surface area contributed by atoms with Crippen molar-refractivity contribution in [3.8, 4) is 0 Å². The molecule has 0 saturated heterocycles. The summed E-state index contributed by atoms with van der Waals surface area (Å²) in [6.45, 7) is 7.21. The summed E-state index contributed by atoms with van der Waals surface area (Å²) in [6.07, 6.45) is -0.898. The van der Waals surface area contributed by atoms with Gasteiger partial charge in [0.1, 0.15) is 6.54 Å². The van der Waals surface area contributed by atoms with Gasteiger partial charge in [-0.1, -0.05) is 43.7 Å². The highest BCUT2D eigenvalue weighted by molar-refractivity contribution is 5.97. The number of benzene rings is 2. The molecule has 198 valence electrons. The molecule has 0 saturated carbocycles. The number of rotatable bonds is 11. The normalized spacial score (nSPS) is 11.4. The van der Waals surface area contributed by atoms with Crippen LogP contribution in [0.5, 0.6) is 0 Å². The molecule has 0 atom stereocenters. The minimum atomic E-state index is -4.40. The van der Waals surface area contributed by atoms with Crippen LogP contribution in [-0.2, 0) is 24.1 Å². The number of unbranched alkanes of at least 4 members (excludes halogenated alkanes) is 1. The number of nitrogens with zero attached hydrogens (tertiary/aromatic N) is 3. The van der Waals surface area contributed by atoms with Crippen molar-refractivity contribution < 1.29 is 22.8 Å². The third-order valence-electron chi connectivity index (χ3n) is 6.39. The number of carbonyl (C=O) groups excluding carboxylic acids is 2. The molecule has 0 aliphatic carbocycles. The fraction of sp³-hybridized carbons (Fsp3) is 0.379. The quantitative estimate of drug-likeness (QED) is 0.309. The second-order valence-corrected chi connectivity index (χ2v) is 9.13. The van der Waals surface area contributed by atoms with Crippen LogP contribution in [0.15, 0.2) is 66.9 Å². The molecule has 8 heteroatoms. The molecule has 5 nitrogen and oxygen atoms in total. The molecular weight excluding hydrogens is 479 g/mol. The Morgan fingerprint density at radius 2 is 1.70 bits per heavy atom. The van der Waals surface area contributed by atoms with Gasteiger partial charge in [-0.25, -0.2) is 0 Å². The van der Waals surface area contributed by atoms with Crippen LogP contribution < -0.4 is 0 Å². The van der Waals surface area contributed by atoms with Gasteiger partial charge in [0, 0.05) is 37.1 Å². The van der Waals surface area contributed by atoms with Gasteiger partial charge in [0.05, 0.1) is 12.1 Å². The van der Waals surface area contributed by atoms with Crippen molar-refractivity contribution in [3.05, 3.63) is 94.8 Å². The van der Waals surface area contributed by atoms with E-state index in [-0.39, 0.29) is 24.9 Å². The lowest BCUT2D eigenvalue weighted by Gasteiger charge is -2.28. The van der Waals surface area contributed by atoms with Gasteiger partial charge in [0.2, 0.25) is 5.91 Å².